The molecule has 2 aromatic carbocycles. The van der Waals surface area contributed by atoms with Gasteiger partial charge in [0.25, 0.3) is 0 Å². The Labute approximate surface area is 129 Å². The minimum absolute atomic E-state index is 0.0399. The van der Waals surface area contributed by atoms with Crippen molar-refractivity contribution in [1.29, 1.82) is 0 Å². The van der Waals surface area contributed by atoms with Crippen molar-refractivity contribution in [2.24, 2.45) is 0 Å². The Morgan fingerprint density at radius 3 is 2.45 bits per heavy atom. The van der Waals surface area contributed by atoms with Crippen molar-refractivity contribution in [3.63, 3.8) is 0 Å². The second-order valence-electron chi connectivity index (χ2n) is 4.72. The third-order valence-electron chi connectivity index (χ3n) is 3.23. The Morgan fingerprint density at radius 2 is 1.80 bits per heavy atom. The van der Waals surface area contributed by atoms with E-state index in [0.29, 0.717) is 16.6 Å². The Morgan fingerprint density at radius 1 is 1.10 bits per heavy atom. The first-order valence-corrected chi connectivity index (χ1v) is 7.25. The molecule has 20 heavy (non-hydrogen) atoms. The number of benzene rings is 2. The Balaban J connectivity index is 1.96. The maximum Gasteiger partial charge on any atom is 0.0914 e. The lowest BCUT2D eigenvalue weighted by molar-refractivity contribution is 0.171. The normalized spacial score (nSPS) is 14.0. The summed E-state index contributed by atoms with van der Waals surface area (Å²) in [6.07, 6.45) is -0.537. The van der Waals surface area contributed by atoms with Gasteiger partial charge in [0, 0.05) is 22.6 Å². The van der Waals surface area contributed by atoms with Gasteiger partial charge < -0.3 is 10.4 Å². The van der Waals surface area contributed by atoms with E-state index in [-0.39, 0.29) is 6.04 Å². The van der Waals surface area contributed by atoms with Crippen molar-refractivity contribution in [2.45, 2.75) is 19.1 Å². The van der Waals surface area contributed by atoms with Gasteiger partial charge in [-0.3, -0.25) is 0 Å². The minimum Gasteiger partial charge on any atom is -0.387 e. The molecule has 0 spiro atoms. The van der Waals surface area contributed by atoms with Crippen molar-refractivity contribution in [3.05, 3.63) is 69.7 Å². The summed E-state index contributed by atoms with van der Waals surface area (Å²) in [7, 11) is 0. The van der Waals surface area contributed by atoms with Gasteiger partial charge in [0.2, 0.25) is 0 Å². The van der Waals surface area contributed by atoms with E-state index in [1.54, 1.807) is 6.07 Å². The molecule has 0 aliphatic carbocycles. The molecular weight excluding hydrogens is 293 g/mol. The van der Waals surface area contributed by atoms with Gasteiger partial charge in [-0.05, 0) is 30.2 Å². The summed E-state index contributed by atoms with van der Waals surface area (Å²) in [6, 6.07) is 15.1. The fourth-order valence-corrected chi connectivity index (χ4v) is 2.62. The van der Waals surface area contributed by atoms with Gasteiger partial charge in [-0.25, -0.2) is 0 Å². The number of nitrogens with one attached hydrogen (secondary N) is 1. The molecule has 0 aliphatic heterocycles. The van der Waals surface area contributed by atoms with Crippen LogP contribution in [0.25, 0.3) is 0 Å². The molecular formula is C16H17Cl2NO. The molecule has 4 heteroatoms. The zero-order valence-electron chi connectivity index (χ0n) is 11.2. The van der Waals surface area contributed by atoms with Crippen molar-refractivity contribution in [1.82, 2.24) is 5.32 Å². The smallest absolute Gasteiger partial charge is 0.0914 e. The van der Waals surface area contributed by atoms with Gasteiger partial charge in [-0.1, -0.05) is 59.6 Å². The number of aliphatic hydroxyl groups is 1. The molecule has 0 heterocycles. The number of hydrogen-bond donors (Lipinski definition) is 2. The molecule has 0 bridgehead atoms. The average Bonchev–Trinajstić information content (AvgIpc) is 2.45. The summed E-state index contributed by atoms with van der Waals surface area (Å²) in [5, 5.41) is 14.6. The molecule has 2 nitrogen and oxygen atoms in total. The molecule has 2 aromatic rings. The highest BCUT2D eigenvalue weighted by Gasteiger charge is 2.12. The van der Waals surface area contributed by atoms with E-state index >= 15 is 0 Å². The highest BCUT2D eigenvalue weighted by Crippen LogP contribution is 2.26. The van der Waals surface area contributed by atoms with E-state index < -0.39 is 6.10 Å². The van der Waals surface area contributed by atoms with Crippen LogP contribution >= 0.6 is 23.2 Å². The zero-order valence-corrected chi connectivity index (χ0v) is 12.7. The first-order valence-electron chi connectivity index (χ1n) is 6.49. The molecule has 2 N–H and O–H groups in total. The minimum atomic E-state index is -0.537. The summed E-state index contributed by atoms with van der Waals surface area (Å²) in [5.74, 6) is 0. The van der Waals surface area contributed by atoms with Crippen LogP contribution in [-0.4, -0.2) is 11.7 Å². The van der Waals surface area contributed by atoms with Crippen LogP contribution in [0.4, 0.5) is 0 Å². The van der Waals surface area contributed by atoms with Gasteiger partial charge in [-0.15, -0.1) is 0 Å². The van der Waals surface area contributed by atoms with Crippen LogP contribution in [0.5, 0.6) is 0 Å². The monoisotopic (exact) mass is 309 g/mol. The highest BCUT2D eigenvalue weighted by molar-refractivity contribution is 6.35. The van der Waals surface area contributed by atoms with E-state index in [9.17, 15) is 5.11 Å². The molecule has 0 saturated carbocycles. The van der Waals surface area contributed by atoms with Crippen molar-refractivity contribution < 1.29 is 5.11 Å². The lowest BCUT2D eigenvalue weighted by Crippen LogP contribution is -2.24. The van der Waals surface area contributed by atoms with Crippen LogP contribution in [0.15, 0.2) is 48.5 Å². The third-order valence-corrected chi connectivity index (χ3v) is 3.79. The molecule has 0 saturated heterocycles. The van der Waals surface area contributed by atoms with Crippen molar-refractivity contribution in [3.8, 4) is 0 Å². The second-order valence-corrected chi connectivity index (χ2v) is 5.57. The molecule has 0 aliphatic rings. The predicted octanol–water partition coefficient (Wildman–Crippen LogP) is 4.38. The topological polar surface area (TPSA) is 32.3 Å². The molecule has 106 valence electrons. The van der Waals surface area contributed by atoms with Crippen molar-refractivity contribution in [2.75, 3.05) is 6.54 Å². The van der Waals surface area contributed by atoms with Crippen LogP contribution in [0.1, 0.15) is 30.2 Å². The van der Waals surface area contributed by atoms with E-state index in [0.717, 1.165) is 11.1 Å². The summed E-state index contributed by atoms with van der Waals surface area (Å²) in [4.78, 5) is 0. The summed E-state index contributed by atoms with van der Waals surface area (Å²) < 4.78 is 0. The lowest BCUT2D eigenvalue weighted by Gasteiger charge is -2.19. The standard InChI is InChI=1S/C16H17Cl2NO/c1-11(14-8-7-13(17)9-15(14)18)19-10-16(20)12-5-3-2-4-6-12/h2-9,11,16,19-20H,10H2,1H3. The number of hydrogen-bond acceptors (Lipinski definition) is 2. The van der Waals surface area contributed by atoms with Crippen LogP contribution in [0.2, 0.25) is 10.0 Å². The summed E-state index contributed by atoms with van der Waals surface area (Å²) in [5.41, 5.74) is 1.87. The average molecular weight is 310 g/mol. The molecule has 0 amide bonds. The van der Waals surface area contributed by atoms with E-state index in [4.69, 9.17) is 23.2 Å². The predicted molar refractivity (Wildman–Crippen MR) is 84.3 cm³/mol. The summed E-state index contributed by atoms with van der Waals surface area (Å²) in [6.45, 7) is 2.47. The molecule has 0 fully saturated rings. The molecule has 2 rings (SSSR count). The number of halogens is 2. The highest BCUT2D eigenvalue weighted by atomic mass is 35.5. The van der Waals surface area contributed by atoms with Gasteiger partial charge in [0.1, 0.15) is 0 Å². The summed E-state index contributed by atoms with van der Waals surface area (Å²) >= 11 is 12.1. The first kappa shape index (κ1) is 15.3. The Hall–Kier alpha value is -1.06. The molecule has 2 atom stereocenters. The van der Waals surface area contributed by atoms with Crippen LogP contribution < -0.4 is 5.32 Å². The second kappa shape index (κ2) is 7.09. The largest absolute Gasteiger partial charge is 0.387 e. The van der Waals surface area contributed by atoms with Crippen LogP contribution in [0, 0.1) is 0 Å². The Bertz CT molecular complexity index is 560. The molecule has 2 unspecified atom stereocenters. The fraction of sp³-hybridized carbons (Fsp3) is 0.250. The van der Waals surface area contributed by atoms with Crippen LogP contribution in [0.3, 0.4) is 0 Å². The van der Waals surface area contributed by atoms with Crippen molar-refractivity contribution >= 4 is 23.2 Å². The maximum absolute atomic E-state index is 10.1. The third kappa shape index (κ3) is 3.97. The number of aliphatic hydroxyl groups excluding tert-OH is 1. The maximum atomic E-state index is 10.1. The number of rotatable bonds is 5. The van der Waals surface area contributed by atoms with E-state index in [1.807, 2.05) is 49.4 Å². The fourth-order valence-electron chi connectivity index (χ4n) is 2.04. The molecule has 0 aromatic heterocycles. The van der Waals surface area contributed by atoms with Gasteiger partial charge in [0.05, 0.1) is 6.10 Å². The quantitative estimate of drug-likeness (QED) is 0.859. The van der Waals surface area contributed by atoms with Crippen LogP contribution in [-0.2, 0) is 0 Å². The van der Waals surface area contributed by atoms with E-state index in [1.165, 1.54) is 0 Å². The molecule has 0 radical (unpaired) electrons. The lowest BCUT2D eigenvalue weighted by atomic mass is 10.1. The van der Waals surface area contributed by atoms with Gasteiger partial charge in [0.15, 0.2) is 0 Å². The van der Waals surface area contributed by atoms with Gasteiger partial charge in [-0.2, -0.15) is 0 Å². The zero-order chi connectivity index (χ0) is 14.5. The SMILES string of the molecule is CC(NCC(O)c1ccccc1)c1ccc(Cl)cc1Cl. The first-order chi connectivity index (χ1) is 9.58. The van der Waals surface area contributed by atoms with Gasteiger partial charge >= 0.3 is 0 Å². The Kier molecular flexibility index (Phi) is 5.44. The van der Waals surface area contributed by atoms with E-state index in [2.05, 4.69) is 5.32 Å².